The van der Waals surface area contributed by atoms with Crippen molar-refractivity contribution in [3.8, 4) is 0 Å². The molecule has 174 valence electrons. The Bertz CT molecular complexity index is 853. The van der Waals surface area contributed by atoms with Crippen LogP contribution >= 0.6 is 7.60 Å². The zero-order valence-electron chi connectivity index (χ0n) is 18.2. The molecule has 1 amide bonds. The molecule has 30 heavy (non-hydrogen) atoms. The second kappa shape index (κ2) is 7.49. The molecule has 11 heteroatoms. The van der Waals surface area contributed by atoms with Crippen molar-refractivity contribution < 1.29 is 35.6 Å². The molecular formula is C19H32F2NO6PS. The molecule has 2 aliphatic carbocycles. The van der Waals surface area contributed by atoms with Crippen LogP contribution in [0.5, 0.6) is 0 Å². The van der Waals surface area contributed by atoms with Crippen LogP contribution in [0, 0.1) is 22.7 Å². The second-order valence-electron chi connectivity index (χ2n) is 9.34. The molecule has 2 bridgehead atoms. The van der Waals surface area contributed by atoms with Crippen LogP contribution in [0.25, 0.3) is 0 Å². The molecule has 0 radical (unpaired) electrons. The standard InChI is InChI=1S/C19H32F2NO6PS/c1-6-27-29(24,28-7-2)19(20,21)13(3)10-16(23)22-15-11-14-8-9-18(15,17(14,4)5)12-30(22,25)26/h13-15H,6-12H2,1-5H3/t13-,14+,15-,18+/m1/s1. The summed E-state index contributed by atoms with van der Waals surface area (Å²) in [4.78, 5) is 13.0. The van der Waals surface area contributed by atoms with E-state index in [1.165, 1.54) is 13.8 Å². The summed E-state index contributed by atoms with van der Waals surface area (Å²) in [6, 6.07) is -0.491. The molecule has 1 spiro atoms. The van der Waals surface area contributed by atoms with Gasteiger partial charge in [-0.05, 0) is 44.4 Å². The van der Waals surface area contributed by atoms with Gasteiger partial charge in [0.15, 0.2) is 0 Å². The van der Waals surface area contributed by atoms with Crippen LogP contribution in [0.1, 0.15) is 60.3 Å². The maximum atomic E-state index is 15.0. The second-order valence-corrected chi connectivity index (χ2v) is 13.3. The lowest BCUT2D eigenvalue weighted by Crippen LogP contribution is -2.45. The van der Waals surface area contributed by atoms with Crippen LogP contribution in [-0.4, -0.2) is 49.3 Å². The van der Waals surface area contributed by atoms with Crippen molar-refractivity contribution >= 4 is 23.5 Å². The van der Waals surface area contributed by atoms with E-state index in [9.17, 15) is 26.6 Å². The third kappa shape index (κ3) is 3.20. The van der Waals surface area contributed by atoms with Crippen LogP contribution in [-0.2, 0) is 28.4 Å². The Hall–Kier alpha value is -0.570. The minimum atomic E-state index is -4.81. The number of alkyl halides is 2. The van der Waals surface area contributed by atoms with Crippen molar-refractivity contribution in [3.63, 3.8) is 0 Å². The molecule has 2 saturated carbocycles. The molecule has 1 saturated heterocycles. The molecule has 1 heterocycles. The molecule has 0 aromatic carbocycles. The Morgan fingerprint density at radius 3 is 2.33 bits per heavy atom. The van der Waals surface area contributed by atoms with E-state index in [4.69, 9.17) is 9.05 Å². The summed E-state index contributed by atoms with van der Waals surface area (Å²) in [6.45, 7) is 7.53. The molecule has 4 atom stereocenters. The van der Waals surface area contributed by atoms with E-state index in [0.29, 0.717) is 18.8 Å². The number of halogens is 2. The molecule has 3 rings (SSSR count). The van der Waals surface area contributed by atoms with Gasteiger partial charge in [-0.1, -0.05) is 20.8 Å². The Morgan fingerprint density at radius 1 is 1.27 bits per heavy atom. The van der Waals surface area contributed by atoms with Crippen molar-refractivity contribution in [2.45, 2.75) is 72.0 Å². The minimum Gasteiger partial charge on any atom is -0.305 e. The van der Waals surface area contributed by atoms with Gasteiger partial charge >= 0.3 is 13.3 Å². The quantitative estimate of drug-likeness (QED) is 0.492. The highest BCUT2D eigenvalue weighted by Gasteiger charge is 2.72. The SMILES string of the molecule is CCOP(=O)(OCC)C(F)(F)[C@H](C)CC(=O)N1[C@@H]2C[C@@H]3CC[C@@]2(CS1(=O)=O)C3(C)C. The van der Waals surface area contributed by atoms with Crippen molar-refractivity contribution in [3.05, 3.63) is 0 Å². The monoisotopic (exact) mass is 471 g/mol. The van der Waals surface area contributed by atoms with Gasteiger partial charge in [0.05, 0.1) is 25.0 Å². The average Bonchev–Trinajstić information content (AvgIpc) is 3.09. The lowest BCUT2D eigenvalue weighted by Gasteiger charge is -2.37. The first kappa shape index (κ1) is 24.1. The maximum absolute atomic E-state index is 15.0. The number of sulfonamides is 1. The van der Waals surface area contributed by atoms with Gasteiger partial charge in [-0.15, -0.1) is 0 Å². The molecule has 3 fully saturated rings. The van der Waals surface area contributed by atoms with Crippen LogP contribution < -0.4 is 0 Å². The molecule has 0 unspecified atom stereocenters. The Balaban J connectivity index is 1.85. The Morgan fingerprint density at radius 2 is 1.83 bits per heavy atom. The molecule has 3 aliphatic rings. The number of carbonyl (C=O) groups excluding carboxylic acids is 1. The third-order valence-electron chi connectivity index (χ3n) is 7.69. The minimum absolute atomic E-state index is 0.124. The summed E-state index contributed by atoms with van der Waals surface area (Å²) in [7, 11) is -8.71. The third-order valence-corrected chi connectivity index (χ3v) is 12.0. The number of carbonyl (C=O) groups is 1. The number of fused-ring (bicyclic) bond motifs is 1. The van der Waals surface area contributed by atoms with Gasteiger partial charge < -0.3 is 9.05 Å². The van der Waals surface area contributed by atoms with Crippen molar-refractivity contribution in [2.24, 2.45) is 22.7 Å². The zero-order chi connectivity index (χ0) is 22.8. The number of hydrogen-bond acceptors (Lipinski definition) is 6. The van der Waals surface area contributed by atoms with Crippen LogP contribution in [0.4, 0.5) is 8.78 Å². The highest BCUT2D eigenvalue weighted by molar-refractivity contribution is 7.90. The average molecular weight is 472 g/mol. The maximum Gasteiger partial charge on any atom is 0.399 e. The van der Waals surface area contributed by atoms with E-state index >= 15 is 0 Å². The summed E-state index contributed by atoms with van der Waals surface area (Å²) < 4.78 is 78.9. The first-order valence-electron chi connectivity index (χ1n) is 10.5. The smallest absolute Gasteiger partial charge is 0.305 e. The molecule has 0 N–H and O–H groups in total. The fourth-order valence-electron chi connectivity index (χ4n) is 5.91. The van der Waals surface area contributed by atoms with Gasteiger partial charge in [-0.2, -0.15) is 8.78 Å². The van der Waals surface area contributed by atoms with E-state index in [0.717, 1.165) is 17.6 Å². The summed E-state index contributed by atoms with van der Waals surface area (Å²) in [5.41, 5.74) is -4.68. The molecular weight excluding hydrogens is 439 g/mol. The van der Waals surface area contributed by atoms with Gasteiger partial charge in [0, 0.05) is 17.8 Å². The fourth-order valence-corrected chi connectivity index (χ4v) is 10.2. The van der Waals surface area contributed by atoms with E-state index < -0.39 is 53.0 Å². The normalized spacial score (nSPS) is 33.0. The molecule has 0 aromatic heterocycles. The predicted molar refractivity (Wildman–Crippen MR) is 108 cm³/mol. The Labute approximate surface area is 177 Å². The largest absolute Gasteiger partial charge is 0.399 e. The molecule has 0 aromatic rings. The lowest BCUT2D eigenvalue weighted by atomic mass is 9.69. The van der Waals surface area contributed by atoms with Crippen molar-refractivity contribution in [1.29, 1.82) is 0 Å². The van der Waals surface area contributed by atoms with Crippen LogP contribution in [0.15, 0.2) is 0 Å². The first-order valence-corrected chi connectivity index (χ1v) is 13.7. The van der Waals surface area contributed by atoms with Gasteiger partial charge in [-0.3, -0.25) is 9.36 Å². The van der Waals surface area contributed by atoms with Crippen LogP contribution in [0.2, 0.25) is 0 Å². The van der Waals surface area contributed by atoms with E-state index in [2.05, 4.69) is 0 Å². The van der Waals surface area contributed by atoms with Gasteiger partial charge in [0.2, 0.25) is 15.9 Å². The number of hydrogen-bond donors (Lipinski definition) is 0. The van der Waals surface area contributed by atoms with E-state index in [-0.39, 0.29) is 24.4 Å². The zero-order valence-corrected chi connectivity index (χ0v) is 19.9. The Kier molecular flexibility index (Phi) is 6.01. The molecule has 1 aliphatic heterocycles. The predicted octanol–water partition coefficient (Wildman–Crippen LogP) is 4.24. The lowest BCUT2D eigenvalue weighted by molar-refractivity contribution is -0.132. The van der Waals surface area contributed by atoms with Gasteiger partial charge in [0.25, 0.3) is 0 Å². The summed E-state index contributed by atoms with van der Waals surface area (Å²) in [5, 5.41) is 0. The fraction of sp³-hybridized carbons (Fsp3) is 0.947. The summed E-state index contributed by atoms with van der Waals surface area (Å²) in [6.07, 6.45) is 1.45. The molecule has 7 nitrogen and oxygen atoms in total. The number of rotatable bonds is 8. The van der Waals surface area contributed by atoms with Crippen LogP contribution in [0.3, 0.4) is 0 Å². The summed E-state index contributed by atoms with van der Waals surface area (Å²) >= 11 is 0. The number of nitrogens with zero attached hydrogens (tertiary/aromatic N) is 1. The van der Waals surface area contributed by atoms with Crippen molar-refractivity contribution in [1.82, 2.24) is 4.31 Å². The van der Waals surface area contributed by atoms with Gasteiger partial charge in [0.1, 0.15) is 0 Å². The van der Waals surface area contributed by atoms with Gasteiger partial charge in [-0.25, -0.2) is 12.7 Å². The highest BCUT2D eigenvalue weighted by atomic mass is 32.2. The highest BCUT2D eigenvalue weighted by Crippen LogP contribution is 2.70. The van der Waals surface area contributed by atoms with E-state index in [1.54, 1.807) is 0 Å². The van der Waals surface area contributed by atoms with E-state index in [1.807, 2.05) is 13.8 Å². The first-order chi connectivity index (χ1) is 13.7. The van der Waals surface area contributed by atoms with Crippen molar-refractivity contribution in [2.75, 3.05) is 19.0 Å². The topological polar surface area (TPSA) is 90.0 Å². The summed E-state index contributed by atoms with van der Waals surface area (Å²) in [5.74, 6) is -2.40. The number of amides is 1.